The summed E-state index contributed by atoms with van der Waals surface area (Å²) < 4.78 is 2.52. The van der Waals surface area contributed by atoms with Gasteiger partial charge in [-0.05, 0) is 22.6 Å². The number of carbonyl (C=O) groups excluding carboxylic acids is 1. The fraction of sp³-hybridized carbons (Fsp3) is 0.429. The lowest BCUT2D eigenvalue weighted by atomic mass is 10.4. The monoisotopic (exact) mass is 279 g/mol. The van der Waals surface area contributed by atoms with E-state index in [0.717, 1.165) is 3.57 Å². The van der Waals surface area contributed by atoms with Gasteiger partial charge in [-0.15, -0.1) is 0 Å². The Hall–Kier alpha value is -0.590. The maximum absolute atomic E-state index is 11.4. The molecule has 66 valence electrons. The summed E-state index contributed by atoms with van der Waals surface area (Å²) >= 11 is 2.10. The van der Waals surface area contributed by atoms with Crippen molar-refractivity contribution in [3.63, 3.8) is 0 Å². The Bertz CT molecular complexity index is 306. The molecule has 0 aliphatic carbocycles. The predicted octanol–water partition coefficient (Wildman–Crippen LogP) is 0.726. The van der Waals surface area contributed by atoms with E-state index in [-0.39, 0.29) is 5.91 Å². The van der Waals surface area contributed by atoms with Crippen molar-refractivity contribution in [3.8, 4) is 0 Å². The van der Waals surface area contributed by atoms with Crippen molar-refractivity contribution in [1.82, 2.24) is 14.7 Å². The Kier molecular flexibility index (Phi) is 2.71. The first-order chi connectivity index (χ1) is 5.52. The molecular formula is C7H10IN3O. The fourth-order valence-electron chi connectivity index (χ4n) is 0.816. The molecule has 0 aromatic carbocycles. The third-order valence-corrected chi connectivity index (χ3v) is 2.18. The van der Waals surface area contributed by atoms with Gasteiger partial charge in [0.05, 0.1) is 3.57 Å². The molecule has 0 aliphatic heterocycles. The highest BCUT2D eigenvalue weighted by atomic mass is 127. The average Bonchev–Trinajstić information content (AvgIpc) is 2.28. The number of carbonyl (C=O) groups is 1. The molecule has 1 rings (SSSR count). The molecule has 1 heterocycles. The smallest absolute Gasteiger partial charge is 0.274 e. The topological polar surface area (TPSA) is 38.1 Å². The Morgan fingerprint density at radius 2 is 2.25 bits per heavy atom. The highest BCUT2D eigenvalue weighted by Crippen LogP contribution is 2.10. The van der Waals surface area contributed by atoms with Gasteiger partial charge in [-0.25, -0.2) is 0 Å². The molecule has 0 N–H and O–H groups in total. The lowest BCUT2D eigenvalue weighted by molar-refractivity contribution is 0.0820. The molecule has 0 atom stereocenters. The molecule has 0 radical (unpaired) electrons. The molecule has 0 aliphatic rings. The Morgan fingerprint density at radius 3 is 2.58 bits per heavy atom. The molecule has 0 fully saturated rings. The lowest BCUT2D eigenvalue weighted by Gasteiger charge is -2.07. The van der Waals surface area contributed by atoms with E-state index < -0.39 is 0 Å². The maximum atomic E-state index is 11.4. The number of aromatic nitrogens is 2. The number of aryl methyl sites for hydroxylation is 1. The number of nitrogens with zero attached hydrogens (tertiary/aromatic N) is 3. The Balaban J connectivity index is 3.02. The van der Waals surface area contributed by atoms with Crippen molar-refractivity contribution in [2.45, 2.75) is 0 Å². The summed E-state index contributed by atoms with van der Waals surface area (Å²) in [4.78, 5) is 12.9. The number of hydrogen-bond donors (Lipinski definition) is 0. The second kappa shape index (κ2) is 3.42. The third-order valence-electron chi connectivity index (χ3n) is 1.39. The van der Waals surface area contributed by atoms with Gasteiger partial charge in [0.2, 0.25) is 0 Å². The summed E-state index contributed by atoms with van der Waals surface area (Å²) in [5, 5.41) is 4.05. The van der Waals surface area contributed by atoms with Crippen molar-refractivity contribution in [2.75, 3.05) is 14.1 Å². The third kappa shape index (κ3) is 1.77. The van der Waals surface area contributed by atoms with Crippen molar-refractivity contribution in [1.29, 1.82) is 0 Å². The summed E-state index contributed by atoms with van der Waals surface area (Å²) in [5.41, 5.74) is 0.517. The summed E-state index contributed by atoms with van der Waals surface area (Å²) in [6.45, 7) is 0. The van der Waals surface area contributed by atoms with E-state index in [1.807, 2.05) is 6.20 Å². The maximum Gasteiger partial charge on any atom is 0.274 e. The minimum absolute atomic E-state index is 0.0556. The van der Waals surface area contributed by atoms with Crippen LogP contribution >= 0.6 is 22.6 Å². The Morgan fingerprint density at radius 1 is 1.67 bits per heavy atom. The summed E-state index contributed by atoms with van der Waals surface area (Å²) in [5.74, 6) is -0.0556. The summed E-state index contributed by atoms with van der Waals surface area (Å²) in [6, 6.07) is 0. The van der Waals surface area contributed by atoms with Crippen LogP contribution in [0.25, 0.3) is 0 Å². The van der Waals surface area contributed by atoms with Crippen LogP contribution in [0.4, 0.5) is 0 Å². The van der Waals surface area contributed by atoms with Gasteiger partial charge in [0.15, 0.2) is 5.69 Å². The van der Waals surface area contributed by atoms with Gasteiger partial charge in [-0.1, -0.05) is 0 Å². The zero-order chi connectivity index (χ0) is 9.30. The van der Waals surface area contributed by atoms with Gasteiger partial charge >= 0.3 is 0 Å². The van der Waals surface area contributed by atoms with Crippen LogP contribution in [0.15, 0.2) is 6.20 Å². The molecule has 1 amide bonds. The van der Waals surface area contributed by atoms with Gasteiger partial charge in [0.1, 0.15) is 0 Å². The standard InChI is InChI=1S/C7H10IN3O/c1-10(2)7(12)6-5(8)4-11(3)9-6/h4H,1-3H3. The second-order valence-corrected chi connectivity index (χ2v) is 3.86. The molecular weight excluding hydrogens is 269 g/mol. The van der Waals surface area contributed by atoms with Crippen LogP contribution in [0.1, 0.15) is 10.5 Å². The van der Waals surface area contributed by atoms with Gasteiger partial charge in [-0.3, -0.25) is 9.48 Å². The normalized spacial score (nSPS) is 10.0. The molecule has 0 spiro atoms. The van der Waals surface area contributed by atoms with E-state index in [2.05, 4.69) is 27.7 Å². The number of amides is 1. The van der Waals surface area contributed by atoms with E-state index in [1.165, 1.54) is 4.90 Å². The summed E-state index contributed by atoms with van der Waals surface area (Å²) in [6.07, 6.45) is 1.82. The Labute approximate surface area is 84.7 Å². The second-order valence-electron chi connectivity index (χ2n) is 2.70. The fourth-order valence-corrected chi connectivity index (χ4v) is 1.56. The predicted molar refractivity (Wildman–Crippen MR) is 53.9 cm³/mol. The lowest BCUT2D eigenvalue weighted by Crippen LogP contribution is -2.23. The van der Waals surface area contributed by atoms with Crippen LogP contribution in [0.3, 0.4) is 0 Å². The largest absolute Gasteiger partial charge is 0.343 e. The minimum Gasteiger partial charge on any atom is -0.343 e. The minimum atomic E-state index is -0.0556. The van der Waals surface area contributed by atoms with Gasteiger partial charge in [0, 0.05) is 27.3 Å². The quantitative estimate of drug-likeness (QED) is 0.711. The highest BCUT2D eigenvalue weighted by Gasteiger charge is 2.15. The van der Waals surface area contributed by atoms with Gasteiger partial charge < -0.3 is 4.90 Å². The van der Waals surface area contributed by atoms with Crippen molar-refractivity contribution >= 4 is 28.5 Å². The molecule has 12 heavy (non-hydrogen) atoms. The molecule has 0 saturated heterocycles. The first kappa shape index (κ1) is 9.50. The van der Waals surface area contributed by atoms with Crippen LogP contribution in [0.5, 0.6) is 0 Å². The number of rotatable bonds is 1. The molecule has 4 nitrogen and oxygen atoms in total. The SMILES string of the molecule is CN(C)C(=O)c1nn(C)cc1I. The van der Waals surface area contributed by atoms with Crippen molar-refractivity contribution in [3.05, 3.63) is 15.5 Å². The van der Waals surface area contributed by atoms with Crippen LogP contribution < -0.4 is 0 Å². The number of halogens is 1. The van der Waals surface area contributed by atoms with Gasteiger partial charge in [-0.2, -0.15) is 5.10 Å². The van der Waals surface area contributed by atoms with Crippen molar-refractivity contribution in [2.24, 2.45) is 7.05 Å². The van der Waals surface area contributed by atoms with Gasteiger partial charge in [0.25, 0.3) is 5.91 Å². The molecule has 1 aromatic heterocycles. The molecule has 5 heteroatoms. The van der Waals surface area contributed by atoms with Crippen LogP contribution in [0, 0.1) is 3.57 Å². The van der Waals surface area contributed by atoms with E-state index in [4.69, 9.17) is 0 Å². The average molecular weight is 279 g/mol. The van der Waals surface area contributed by atoms with Crippen LogP contribution in [-0.4, -0.2) is 34.7 Å². The van der Waals surface area contributed by atoms with E-state index in [0.29, 0.717) is 5.69 Å². The zero-order valence-electron chi connectivity index (χ0n) is 7.21. The molecule has 0 saturated carbocycles. The van der Waals surface area contributed by atoms with E-state index in [1.54, 1.807) is 25.8 Å². The first-order valence-electron chi connectivity index (χ1n) is 3.43. The number of hydrogen-bond acceptors (Lipinski definition) is 2. The zero-order valence-corrected chi connectivity index (χ0v) is 9.36. The van der Waals surface area contributed by atoms with Crippen LogP contribution in [0.2, 0.25) is 0 Å². The van der Waals surface area contributed by atoms with Crippen LogP contribution in [-0.2, 0) is 7.05 Å². The molecule has 0 unspecified atom stereocenters. The molecule has 0 bridgehead atoms. The first-order valence-corrected chi connectivity index (χ1v) is 4.51. The van der Waals surface area contributed by atoms with E-state index in [9.17, 15) is 4.79 Å². The summed E-state index contributed by atoms with van der Waals surface area (Å²) in [7, 11) is 5.23. The highest BCUT2D eigenvalue weighted by molar-refractivity contribution is 14.1. The molecule has 1 aromatic rings. The van der Waals surface area contributed by atoms with E-state index >= 15 is 0 Å². The van der Waals surface area contributed by atoms with Crippen molar-refractivity contribution < 1.29 is 4.79 Å².